The summed E-state index contributed by atoms with van der Waals surface area (Å²) < 4.78 is 6.17. The first kappa shape index (κ1) is 10.7. The SMILES string of the molecule is CC(C)OCc1n[nH]c(CO)c1Br. The predicted octanol–water partition coefficient (Wildman–Crippen LogP) is 1.59. The molecule has 0 spiro atoms. The Morgan fingerprint density at radius 2 is 2.31 bits per heavy atom. The lowest BCUT2D eigenvalue weighted by molar-refractivity contribution is 0.0632. The highest BCUT2D eigenvalue weighted by atomic mass is 79.9. The van der Waals surface area contributed by atoms with Crippen LogP contribution in [0.4, 0.5) is 0 Å². The zero-order valence-corrected chi connectivity index (χ0v) is 9.26. The van der Waals surface area contributed by atoms with Crippen LogP contribution in [0, 0.1) is 0 Å². The van der Waals surface area contributed by atoms with E-state index in [0.29, 0.717) is 12.3 Å². The Bertz CT molecular complexity index is 273. The van der Waals surface area contributed by atoms with Crippen LogP contribution < -0.4 is 0 Å². The molecule has 2 N–H and O–H groups in total. The standard InChI is InChI=1S/C8H13BrN2O2/c1-5(2)13-4-7-8(9)6(3-12)10-11-7/h5,12H,3-4H2,1-2H3,(H,10,11). The lowest BCUT2D eigenvalue weighted by atomic mass is 10.4. The molecule has 0 saturated heterocycles. The highest BCUT2D eigenvalue weighted by Gasteiger charge is 2.09. The number of hydrogen-bond acceptors (Lipinski definition) is 3. The minimum Gasteiger partial charge on any atom is -0.390 e. The molecule has 0 radical (unpaired) electrons. The van der Waals surface area contributed by atoms with Crippen molar-refractivity contribution < 1.29 is 9.84 Å². The first-order valence-electron chi connectivity index (χ1n) is 4.09. The molecule has 13 heavy (non-hydrogen) atoms. The number of aliphatic hydroxyl groups is 1. The van der Waals surface area contributed by atoms with Crippen LogP contribution in [0.15, 0.2) is 4.47 Å². The van der Waals surface area contributed by atoms with Crippen molar-refractivity contribution in [3.05, 3.63) is 15.9 Å². The van der Waals surface area contributed by atoms with E-state index in [4.69, 9.17) is 9.84 Å². The number of nitrogens with one attached hydrogen (secondary N) is 1. The summed E-state index contributed by atoms with van der Waals surface area (Å²) in [4.78, 5) is 0. The minimum atomic E-state index is -0.0464. The van der Waals surface area contributed by atoms with Gasteiger partial charge in [0.2, 0.25) is 0 Å². The van der Waals surface area contributed by atoms with Gasteiger partial charge in [-0.1, -0.05) is 0 Å². The van der Waals surface area contributed by atoms with Crippen LogP contribution in [0.2, 0.25) is 0 Å². The normalized spacial score (nSPS) is 11.2. The number of ether oxygens (including phenoxy) is 1. The number of rotatable bonds is 4. The van der Waals surface area contributed by atoms with Crippen LogP contribution >= 0.6 is 15.9 Å². The van der Waals surface area contributed by atoms with Crippen LogP contribution in [-0.2, 0) is 18.0 Å². The van der Waals surface area contributed by atoms with Crippen molar-refractivity contribution in [1.82, 2.24) is 10.2 Å². The number of halogens is 1. The number of aromatic amines is 1. The molecule has 0 unspecified atom stereocenters. The topological polar surface area (TPSA) is 58.1 Å². The van der Waals surface area contributed by atoms with E-state index in [1.807, 2.05) is 13.8 Å². The van der Waals surface area contributed by atoms with Crippen LogP contribution in [0.5, 0.6) is 0 Å². The minimum absolute atomic E-state index is 0.0464. The second-order valence-corrected chi connectivity index (χ2v) is 3.77. The van der Waals surface area contributed by atoms with Crippen molar-refractivity contribution in [3.63, 3.8) is 0 Å². The molecular formula is C8H13BrN2O2. The zero-order valence-electron chi connectivity index (χ0n) is 7.67. The number of aliphatic hydroxyl groups excluding tert-OH is 1. The molecular weight excluding hydrogens is 236 g/mol. The van der Waals surface area contributed by atoms with Gasteiger partial charge in [-0.2, -0.15) is 5.10 Å². The monoisotopic (exact) mass is 248 g/mol. The average molecular weight is 249 g/mol. The third kappa shape index (κ3) is 2.79. The molecule has 1 aromatic heterocycles. The van der Waals surface area contributed by atoms with Crippen molar-refractivity contribution in [2.45, 2.75) is 33.2 Å². The molecule has 1 rings (SSSR count). The van der Waals surface area contributed by atoms with Crippen LogP contribution in [0.3, 0.4) is 0 Å². The van der Waals surface area contributed by atoms with E-state index in [1.54, 1.807) is 0 Å². The Kier molecular flexibility index (Phi) is 3.90. The van der Waals surface area contributed by atoms with Gasteiger partial charge in [0.15, 0.2) is 0 Å². The van der Waals surface area contributed by atoms with Crippen LogP contribution in [0.1, 0.15) is 25.2 Å². The highest BCUT2D eigenvalue weighted by molar-refractivity contribution is 9.10. The maximum Gasteiger partial charge on any atom is 0.102 e. The largest absolute Gasteiger partial charge is 0.390 e. The van der Waals surface area contributed by atoms with Crippen molar-refractivity contribution >= 4 is 15.9 Å². The van der Waals surface area contributed by atoms with Crippen LogP contribution in [0.25, 0.3) is 0 Å². The van der Waals surface area contributed by atoms with Gasteiger partial charge < -0.3 is 9.84 Å². The molecule has 1 heterocycles. The molecule has 0 aliphatic carbocycles. The Balaban J connectivity index is 2.62. The lowest BCUT2D eigenvalue weighted by Crippen LogP contribution is -2.02. The quantitative estimate of drug-likeness (QED) is 0.851. The summed E-state index contributed by atoms with van der Waals surface area (Å²) in [7, 11) is 0. The second kappa shape index (κ2) is 4.74. The van der Waals surface area contributed by atoms with E-state index in [1.165, 1.54) is 0 Å². The Hall–Kier alpha value is -0.390. The van der Waals surface area contributed by atoms with Crippen molar-refractivity contribution in [2.24, 2.45) is 0 Å². The predicted molar refractivity (Wildman–Crippen MR) is 52.1 cm³/mol. The van der Waals surface area contributed by atoms with Gasteiger partial charge in [0, 0.05) is 0 Å². The molecule has 0 bridgehead atoms. The molecule has 0 saturated carbocycles. The van der Waals surface area contributed by atoms with Gasteiger partial charge in [-0.25, -0.2) is 0 Å². The molecule has 0 aliphatic rings. The number of nitrogens with zero attached hydrogens (tertiary/aromatic N) is 1. The fourth-order valence-corrected chi connectivity index (χ4v) is 1.27. The van der Waals surface area contributed by atoms with E-state index < -0.39 is 0 Å². The first-order valence-corrected chi connectivity index (χ1v) is 4.88. The van der Waals surface area contributed by atoms with E-state index in [9.17, 15) is 0 Å². The van der Waals surface area contributed by atoms with Crippen molar-refractivity contribution in [3.8, 4) is 0 Å². The van der Waals surface area contributed by atoms with E-state index in [-0.39, 0.29) is 12.7 Å². The number of aromatic nitrogens is 2. The summed E-state index contributed by atoms with van der Waals surface area (Å²) in [6, 6.07) is 0. The molecule has 0 amide bonds. The fourth-order valence-electron chi connectivity index (χ4n) is 0.853. The Morgan fingerprint density at radius 3 is 2.77 bits per heavy atom. The summed E-state index contributed by atoms with van der Waals surface area (Å²) in [5, 5.41) is 15.6. The van der Waals surface area contributed by atoms with Gasteiger partial charge in [-0.05, 0) is 29.8 Å². The second-order valence-electron chi connectivity index (χ2n) is 2.98. The molecule has 0 aliphatic heterocycles. The van der Waals surface area contributed by atoms with Crippen LogP contribution in [-0.4, -0.2) is 21.4 Å². The van der Waals surface area contributed by atoms with Gasteiger partial charge >= 0.3 is 0 Å². The van der Waals surface area contributed by atoms with Gasteiger partial charge in [0.1, 0.15) is 5.69 Å². The summed E-state index contributed by atoms with van der Waals surface area (Å²) in [5.41, 5.74) is 1.47. The van der Waals surface area contributed by atoms with Gasteiger partial charge in [0.25, 0.3) is 0 Å². The third-order valence-electron chi connectivity index (χ3n) is 1.56. The van der Waals surface area contributed by atoms with E-state index in [0.717, 1.165) is 10.2 Å². The van der Waals surface area contributed by atoms with Crippen molar-refractivity contribution in [1.29, 1.82) is 0 Å². The first-order chi connectivity index (χ1) is 6.15. The molecule has 0 atom stereocenters. The number of H-pyrrole nitrogens is 1. The summed E-state index contributed by atoms with van der Waals surface area (Å²) in [6.45, 7) is 4.34. The fraction of sp³-hybridized carbons (Fsp3) is 0.625. The average Bonchev–Trinajstić information content (AvgIpc) is 2.43. The Labute approximate surface area is 85.4 Å². The smallest absolute Gasteiger partial charge is 0.102 e. The maximum atomic E-state index is 8.87. The van der Waals surface area contributed by atoms with E-state index >= 15 is 0 Å². The highest BCUT2D eigenvalue weighted by Crippen LogP contribution is 2.19. The summed E-state index contributed by atoms with van der Waals surface area (Å²) in [6.07, 6.45) is 0.182. The van der Waals surface area contributed by atoms with Gasteiger partial charge in [-0.15, -0.1) is 0 Å². The van der Waals surface area contributed by atoms with Crippen molar-refractivity contribution in [2.75, 3.05) is 0 Å². The molecule has 4 nitrogen and oxygen atoms in total. The molecule has 0 fully saturated rings. The van der Waals surface area contributed by atoms with Gasteiger partial charge in [-0.3, -0.25) is 5.10 Å². The third-order valence-corrected chi connectivity index (χ3v) is 2.49. The maximum absolute atomic E-state index is 8.87. The lowest BCUT2D eigenvalue weighted by Gasteiger charge is -2.04. The molecule has 5 heteroatoms. The van der Waals surface area contributed by atoms with E-state index in [2.05, 4.69) is 26.1 Å². The van der Waals surface area contributed by atoms with Gasteiger partial charge in [0.05, 0.1) is 29.5 Å². The molecule has 0 aromatic carbocycles. The number of hydrogen-bond donors (Lipinski definition) is 2. The summed E-state index contributed by atoms with van der Waals surface area (Å²) >= 11 is 3.33. The molecule has 74 valence electrons. The Morgan fingerprint density at radius 1 is 1.62 bits per heavy atom. The molecule has 1 aromatic rings. The zero-order chi connectivity index (χ0) is 9.84. The summed E-state index contributed by atoms with van der Waals surface area (Å²) in [5.74, 6) is 0.